The van der Waals surface area contributed by atoms with E-state index in [-0.39, 0.29) is 28.6 Å². The molecule has 8 nitrogen and oxygen atoms in total. The maximum absolute atomic E-state index is 13.1. The normalized spacial score (nSPS) is 23.8. The fourth-order valence-electron chi connectivity index (χ4n) is 5.63. The van der Waals surface area contributed by atoms with E-state index in [1.165, 1.54) is 36.5 Å². The minimum atomic E-state index is -4.85. The lowest BCUT2D eigenvalue weighted by Gasteiger charge is -2.36. The molecule has 6 atom stereocenters. The maximum atomic E-state index is 13.1. The van der Waals surface area contributed by atoms with E-state index in [4.69, 9.17) is 11.6 Å². The van der Waals surface area contributed by atoms with Crippen molar-refractivity contribution < 1.29 is 37.7 Å². The van der Waals surface area contributed by atoms with Crippen molar-refractivity contribution in [1.29, 1.82) is 0 Å². The fourth-order valence-corrected chi connectivity index (χ4v) is 6.02. The highest BCUT2D eigenvalue weighted by Gasteiger charge is 2.41. The highest BCUT2D eigenvalue weighted by molar-refractivity contribution is 6.20. The van der Waals surface area contributed by atoms with Crippen LogP contribution >= 0.6 is 11.6 Å². The number of alkyl halides is 4. The van der Waals surface area contributed by atoms with E-state index in [2.05, 4.69) is 15.0 Å². The van der Waals surface area contributed by atoms with E-state index in [1.807, 2.05) is 0 Å². The van der Waals surface area contributed by atoms with Gasteiger partial charge in [0.05, 0.1) is 11.7 Å². The summed E-state index contributed by atoms with van der Waals surface area (Å²) in [5, 5.41) is 23.7. The number of nitrogens with zero attached hydrogens (tertiary/aromatic N) is 2. The van der Waals surface area contributed by atoms with Crippen LogP contribution in [-0.4, -0.2) is 68.4 Å². The first-order chi connectivity index (χ1) is 18.9. The molecule has 2 heterocycles. The van der Waals surface area contributed by atoms with Gasteiger partial charge >= 0.3 is 6.36 Å². The average Bonchev–Trinajstić information content (AvgIpc) is 3.41. The Hall–Kier alpha value is -2.89. The number of aliphatic hydroxyl groups is 2. The third-order valence-corrected chi connectivity index (χ3v) is 8.01. The molecule has 2 amide bonds. The molecule has 0 radical (unpaired) electrons. The standard InChI is InChI=1S/C28H33ClF3N3O5/c1-16(21-12-11-18(15-33-21)20-8-2-3-10-23(20)40-28(30,31)32)34-26(38)24(36)25(37)27(39)35-13-5-9-22(35)17-6-4-7-19(29)14-17/h2-3,8,10-12,15-17,19,22,24-25,36-37H,4-7,9,13-14H2,1H3,(H,34,38)/t16?,17-,19?,22?,24+,25+/m0/s1. The van der Waals surface area contributed by atoms with E-state index in [1.54, 1.807) is 17.9 Å². The summed E-state index contributed by atoms with van der Waals surface area (Å²) in [6.45, 7) is 2.03. The number of nitrogens with one attached hydrogen (secondary N) is 1. The van der Waals surface area contributed by atoms with Crippen molar-refractivity contribution in [3.63, 3.8) is 0 Å². The molecule has 4 rings (SSSR count). The van der Waals surface area contributed by atoms with Gasteiger partial charge in [0.1, 0.15) is 5.75 Å². The molecule has 2 aromatic rings. The van der Waals surface area contributed by atoms with Crippen LogP contribution < -0.4 is 10.1 Å². The van der Waals surface area contributed by atoms with Gasteiger partial charge in [-0.2, -0.15) is 0 Å². The molecule has 3 unspecified atom stereocenters. The van der Waals surface area contributed by atoms with E-state index in [0.29, 0.717) is 17.8 Å². The quantitative estimate of drug-likeness (QED) is 0.399. The van der Waals surface area contributed by atoms with Gasteiger partial charge in [-0.25, -0.2) is 0 Å². The zero-order chi connectivity index (χ0) is 29.0. The van der Waals surface area contributed by atoms with Gasteiger partial charge in [0.15, 0.2) is 12.2 Å². The Labute approximate surface area is 235 Å². The number of amides is 2. The minimum absolute atomic E-state index is 0.0599. The summed E-state index contributed by atoms with van der Waals surface area (Å²) in [7, 11) is 0. The molecule has 40 heavy (non-hydrogen) atoms. The van der Waals surface area contributed by atoms with Gasteiger partial charge in [-0.15, -0.1) is 24.8 Å². The van der Waals surface area contributed by atoms with Crippen LogP contribution in [0.15, 0.2) is 42.6 Å². The lowest BCUT2D eigenvalue weighted by atomic mass is 9.82. The highest BCUT2D eigenvalue weighted by Crippen LogP contribution is 2.37. The Balaban J connectivity index is 1.37. The number of hydrogen-bond donors (Lipinski definition) is 3. The summed E-state index contributed by atoms with van der Waals surface area (Å²) in [4.78, 5) is 31.6. The molecule has 218 valence electrons. The molecule has 1 saturated carbocycles. The lowest BCUT2D eigenvalue weighted by Crippen LogP contribution is -2.53. The van der Waals surface area contributed by atoms with Crippen molar-refractivity contribution in [2.45, 2.75) is 81.5 Å². The number of halogens is 4. The summed E-state index contributed by atoms with van der Waals surface area (Å²) < 4.78 is 42.4. The van der Waals surface area contributed by atoms with Gasteiger partial charge in [0, 0.05) is 35.3 Å². The van der Waals surface area contributed by atoms with Gasteiger partial charge in [-0.05, 0) is 57.1 Å². The van der Waals surface area contributed by atoms with Crippen molar-refractivity contribution in [3.05, 3.63) is 48.3 Å². The molecule has 1 saturated heterocycles. The SMILES string of the molecule is CC(NC(=O)[C@H](O)[C@@H](O)C(=O)N1CCCC1[C@H]1CCCC(Cl)C1)c1ccc(-c2ccccc2OC(F)(F)F)cn1. The Morgan fingerprint density at radius 1 is 1.10 bits per heavy atom. The predicted molar refractivity (Wildman–Crippen MR) is 141 cm³/mol. The van der Waals surface area contributed by atoms with Crippen LogP contribution in [0.25, 0.3) is 11.1 Å². The lowest BCUT2D eigenvalue weighted by molar-refractivity contribution is -0.274. The number of pyridine rings is 1. The Kier molecular flexibility index (Phi) is 9.58. The summed E-state index contributed by atoms with van der Waals surface area (Å²) in [6.07, 6.45) is -2.20. The third kappa shape index (κ3) is 7.24. The van der Waals surface area contributed by atoms with Crippen LogP contribution in [0.5, 0.6) is 5.75 Å². The topological polar surface area (TPSA) is 112 Å². The van der Waals surface area contributed by atoms with Crippen LogP contribution in [0.1, 0.15) is 57.2 Å². The van der Waals surface area contributed by atoms with Gasteiger partial charge in [-0.3, -0.25) is 14.6 Å². The number of carbonyl (C=O) groups is 2. The van der Waals surface area contributed by atoms with E-state index in [0.717, 1.165) is 38.5 Å². The number of aliphatic hydroxyl groups excluding tert-OH is 2. The Morgan fingerprint density at radius 2 is 1.85 bits per heavy atom. The molecule has 12 heteroatoms. The van der Waals surface area contributed by atoms with E-state index >= 15 is 0 Å². The third-order valence-electron chi connectivity index (χ3n) is 7.61. The first-order valence-electron chi connectivity index (χ1n) is 13.4. The summed E-state index contributed by atoms with van der Waals surface area (Å²) in [5.74, 6) is -1.78. The van der Waals surface area contributed by atoms with Gasteiger partial charge in [0.2, 0.25) is 0 Å². The number of likely N-dealkylation sites (tertiary alicyclic amines) is 1. The first kappa shape index (κ1) is 30.1. The number of benzene rings is 1. The molecule has 1 aromatic heterocycles. The van der Waals surface area contributed by atoms with Crippen molar-refractivity contribution in [2.24, 2.45) is 5.92 Å². The summed E-state index contributed by atoms with van der Waals surface area (Å²) in [6, 6.07) is 7.88. The van der Waals surface area contributed by atoms with Gasteiger partial charge in [-0.1, -0.05) is 30.7 Å². The zero-order valence-corrected chi connectivity index (χ0v) is 22.7. The van der Waals surface area contributed by atoms with Crippen LogP contribution in [0.4, 0.5) is 13.2 Å². The average molecular weight is 584 g/mol. The minimum Gasteiger partial charge on any atom is -0.405 e. The number of carbonyl (C=O) groups excluding carboxylic acids is 2. The largest absolute Gasteiger partial charge is 0.573 e. The fraction of sp³-hybridized carbons (Fsp3) is 0.536. The van der Waals surface area contributed by atoms with Crippen molar-refractivity contribution in [3.8, 4) is 16.9 Å². The van der Waals surface area contributed by atoms with Crippen LogP contribution in [0.2, 0.25) is 0 Å². The highest BCUT2D eigenvalue weighted by atomic mass is 35.5. The molecule has 2 aliphatic rings. The molecule has 1 aliphatic carbocycles. The number of ether oxygens (including phenoxy) is 1. The number of aromatic nitrogens is 1. The Bertz CT molecular complexity index is 1180. The van der Waals surface area contributed by atoms with Crippen molar-refractivity contribution in [1.82, 2.24) is 15.2 Å². The molecular formula is C28H33ClF3N3O5. The number of hydrogen-bond acceptors (Lipinski definition) is 6. The van der Waals surface area contributed by atoms with Gasteiger partial charge < -0.3 is 25.2 Å². The van der Waals surface area contributed by atoms with E-state index in [9.17, 15) is 33.0 Å². The van der Waals surface area contributed by atoms with E-state index < -0.39 is 36.4 Å². The summed E-state index contributed by atoms with van der Waals surface area (Å²) in [5.41, 5.74) is 0.899. The monoisotopic (exact) mass is 583 g/mol. The predicted octanol–water partition coefficient (Wildman–Crippen LogP) is 4.33. The molecule has 1 aromatic carbocycles. The van der Waals surface area contributed by atoms with Crippen LogP contribution in [-0.2, 0) is 9.59 Å². The zero-order valence-electron chi connectivity index (χ0n) is 22.0. The summed E-state index contributed by atoms with van der Waals surface area (Å²) >= 11 is 6.34. The number of rotatable bonds is 8. The molecule has 1 aliphatic heterocycles. The number of para-hydroxylation sites is 1. The van der Waals surface area contributed by atoms with Crippen LogP contribution in [0, 0.1) is 5.92 Å². The maximum Gasteiger partial charge on any atom is 0.573 e. The second kappa shape index (κ2) is 12.7. The van der Waals surface area contributed by atoms with Gasteiger partial charge in [0.25, 0.3) is 11.8 Å². The van der Waals surface area contributed by atoms with Crippen LogP contribution in [0.3, 0.4) is 0 Å². The molecule has 2 fully saturated rings. The second-order valence-corrected chi connectivity index (χ2v) is 11.0. The molecule has 0 spiro atoms. The van der Waals surface area contributed by atoms with Crippen molar-refractivity contribution in [2.75, 3.05) is 6.54 Å². The molecular weight excluding hydrogens is 551 g/mol. The smallest absolute Gasteiger partial charge is 0.405 e. The second-order valence-electron chi connectivity index (χ2n) is 10.4. The van der Waals surface area contributed by atoms with Crippen molar-refractivity contribution >= 4 is 23.4 Å². The molecule has 3 N–H and O–H groups in total. The first-order valence-corrected chi connectivity index (χ1v) is 13.8. The molecule has 0 bridgehead atoms. The Morgan fingerprint density at radius 3 is 2.52 bits per heavy atom.